The Morgan fingerprint density at radius 3 is 2.34 bits per heavy atom. The van der Waals surface area contributed by atoms with Gasteiger partial charge >= 0.3 is 5.97 Å². The predicted molar refractivity (Wildman–Crippen MR) is 143 cm³/mol. The summed E-state index contributed by atoms with van der Waals surface area (Å²) in [4.78, 5) is 32.0. The second kappa shape index (κ2) is 11.7. The van der Waals surface area contributed by atoms with Gasteiger partial charge in [0.05, 0.1) is 27.9 Å². The van der Waals surface area contributed by atoms with Crippen molar-refractivity contribution in [2.45, 2.75) is 51.4 Å². The zero-order valence-electron chi connectivity index (χ0n) is 22.6. The van der Waals surface area contributed by atoms with Crippen LogP contribution in [0.15, 0.2) is 52.7 Å². The molecule has 0 bridgehead atoms. The summed E-state index contributed by atoms with van der Waals surface area (Å²) >= 11 is 0. The SMILES string of the molecule is CCCCOC(=O)C1C(C)=NC2=C(C(=O)C[C@H](c3ccc(OC)c(OC)c3)C2)[C@H]1c1ccc(O)c(OC)c1. The smallest absolute Gasteiger partial charge is 0.315 e. The van der Waals surface area contributed by atoms with E-state index in [9.17, 15) is 14.7 Å². The van der Waals surface area contributed by atoms with E-state index in [1.165, 1.54) is 13.2 Å². The second-order valence-electron chi connectivity index (χ2n) is 9.66. The van der Waals surface area contributed by atoms with Crippen molar-refractivity contribution in [2.75, 3.05) is 27.9 Å². The van der Waals surface area contributed by atoms with Gasteiger partial charge in [-0.05, 0) is 61.1 Å². The van der Waals surface area contributed by atoms with E-state index in [0.29, 0.717) is 47.1 Å². The highest BCUT2D eigenvalue weighted by Crippen LogP contribution is 2.48. The molecule has 4 rings (SSSR count). The van der Waals surface area contributed by atoms with Crippen molar-refractivity contribution in [1.82, 2.24) is 0 Å². The first-order valence-corrected chi connectivity index (χ1v) is 12.9. The summed E-state index contributed by atoms with van der Waals surface area (Å²) in [7, 11) is 4.63. The molecule has 1 aliphatic carbocycles. The number of aliphatic imine (C=N–C) groups is 1. The van der Waals surface area contributed by atoms with E-state index in [1.54, 1.807) is 26.4 Å². The van der Waals surface area contributed by atoms with Crippen LogP contribution in [0, 0.1) is 5.92 Å². The Balaban J connectivity index is 1.77. The minimum Gasteiger partial charge on any atom is -0.504 e. The van der Waals surface area contributed by atoms with Crippen LogP contribution >= 0.6 is 0 Å². The molecule has 202 valence electrons. The number of nitrogens with zero attached hydrogens (tertiary/aromatic N) is 1. The van der Waals surface area contributed by atoms with Crippen molar-refractivity contribution >= 4 is 17.5 Å². The van der Waals surface area contributed by atoms with Gasteiger partial charge in [-0.25, -0.2) is 0 Å². The number of aromatic hydroxyl groups is 1. The van der Waals surface area contributed by atoms with E-state index in [4.69, 9.17) is 23.9 Å². The molecule has 1 aliphatic heterocycles. The van der Waals surface area contributed by atoms with Gasteiger partial charge in [0.15, 0.2) is 28.8 Å². The first kappa shape index (κ1) is 27.2. The third-order valence-electron chi connectivity index (χ3n) is 7.33. The van der Waals surface area contributed by atoms with Crippen molar-refractivity contribution < 1.29 is 33.6 Å². The number of carbonyl (C=O) groups is 2. The summed E-state index contributed by atoms with van der Waals surface area (Å²) in [6.45, 7) is 4.15. The van der Waals surface area contributed by atoms with Crippen molar-refractivity contribution in [3.05, 3.63) is 58.8 Å². The van der Waals surface area contributed by atoms with Gasteiger partial charge in [-0.15, -0.1) is 0 Å². The van der Waals surface area contributed by atoms with E-state index in [-0.39, 0.29) is 29.6 Å². The van der Waals surface area contributed by atoms with E-state index < -0.39 is 17.8 Å². The maximum Gasteiger partial charge on any atom is 0.315 e. The van der Waals surface area contributed by atoms with Gasteiger partial charge in [-0.2, -0.15) is 0 Å². The van der Waals surface area contributed by atoms with Crippen LogP contribution in [-0.2, 0) is 14.3 Å². The summed E-state index contributed by atoms with van der Waals surface area (Å²) < 4.78 is 21.8. The fourth-order valence-corrected chi connectivity index (χ4v) is 5.36. The molecule has 0 aromatic heterocycles. The number of unbranched alkanes of at least 4 members (excludes halogenated alkanes) is 1. The highest BCUT2D eigenvalue weighted by Gasteiger charge is 2.45. The third kappa shape index (κ3) is 5.26. The average Bonchev–Trinajstić information content (AvgIpc) is 2.92. The number of hydrogen-bond acceptors (Lipinski definition) is 8. The molecule has 8 nitrogen and oxygen atoms in total. The highest BCUT2D eigenvalue weighted by atomic mass is 16.5. The number of phenols is 1. The monoisotopic (exact) mass is 521 g/mol. The third-order valence-corrected chi connectivity index (χ3v) is 7.33. The van der Waals surface area contributed by atoms with Crippen molar-refractivity contribution in [1.29, 1.82) is 0 Å². The molecule has 0 amide bonds. The number of benzene rings is 2. The lowest BCUT2D eigenvalue weighted by Crippen LogP contribution is -2.38. The largest absolute Gasteiger partial charge is 0.504 e. The quantitative estimate of drug-likeness (QED) is 0.351. The lowest BCUT2D eigenvalue weighted by Gasteiger charge is -2.36. The number of allylic oxidation sites excluding steroid dienone is 2. The molecular formula is C30H35NO7. The summed E-state index contributed by atoms with van der Waals surface area (Å²) in [5.41, 5.74) is 3.45. The Kier molecular flexibility index (Phi) is 8.39. The maximum atomic E-state index is 13.8. The first-order valence-electron chi connectivity index (χ1n) is 12.9. The Labute approximate surface area is 223 Å². The van der Waals surface area contributed by atoms with E-state index in [2.05, 4.69) is 0 Å². The molecule has 3 atom stereocenters. The molecule has 38 heavy (non-hydrogen) atoms. The summed E-state index contributed by atoms with van der Waals surface area (Å²) in [5, 5.41) is 10.2. The van der Waals surface area contributed by atoms with Crippen molar-refractivity contribution in [3.63, 3.8) is 0 Å². The number of esters is 1. The molecule has 2 aromatic carbocycles. The molecule has 1 heterocycles. The number of Topliss-reactive ketones (excluding diaryl/α,β-unsaturated/α-hetero) is 1. The Morgan fingerprint density at radius 2 is 1.66 bits per heavy atom. The average molecular weight is 522 g/mol. The number of carbonyl (C=O) groups excluding carboxylic acids is 2. The molecule has 0 fully saturated rings. The van der Waals surface area contributed by atoms with Gasteiger partial charge in [-0.1, -0.05) is 25.5 Å². The second-order valence-corrected chi connectivity index (χ2v) is 9.66. The fourth-order valence-electron chi connectivity index (χ4n) is 5.36. The summed E-state index contributed by atoms with van der Waals surface area (Å²) in [6.07, 6.45) is 2.46. The Bertz CT molecular complexity index is 1280. The standard InChI is InChI=1S/C30H35NO7/c1-6-7-12-38-30(34)27-17(2)31-21-13-20(18-9-11-24(35-3)26(15-18)37-5)14-23(33)29(21)28(27)19-8-10-22(32)25(16-19)36-4/h8-11,15-16,20,27-28,32H,6-7,12-14H2,1-5H3/t20-,27?,28+/m1/s1. The molecule has 0 spiro atoms. The molecular weight excluding hydrogens is 486 g/mol. The van der Waals surface area contributed by atoms with Gasteiger partial charge in [0.1, 0.15) is 5.92 Å². The first-order chi connectivity index (χ1) is 18.3. The van der Waals surface area contributed by atoms with Crippen LogP contribution in [0.4, 0.5) is 0 Å². The van der Waals surface area contributed by atoms with Gasteiger partial charge in [-0.3, -0.25) is 14.6 Å². The molecule has 1 N–H and O–H groups in total. The molecule has 1 unspecified atom stereocenters. The minimum absolute atomic E-state index is 0.0165. The van der Waals surface area contributed by atoms with E-state index in [0.717, 1.165) is 18.4 Å². The van der Waals surface area contributed by atoms with Crippen LogP contribution in [0.25, 0.3) is 0 Å². The van der Waals surface area contributed by atoms with Crippen molar-refractivity contribution in [2.24, 2.45) is 10.9 Å². The number of phenolic OH excluding ortho intramolecular Hbond substituents is 1. The van der Waals surface area contributed by atoms with Crippen LogP contribution in [0.3, 0.4) is 0 Å². The fraction of sp³-hybridized carbons (Fsp3) is 0.433. The predicted octanol–water partition coefficient (Wildman–Crippen LogP) is 5.34. The Hall–Kier alpha value is -3.81. The van der Waals surface area contributed by atoms with Gasteiger partial charge in [0, 0.05) is 29.3 Å². The van der Waals surface area contributed by atoms with E-state index >= 15 is 0 Å². The van der Waals surface area contributed by atoms with Gasteiger partial charge in [0.25, 0.3) is 0 Å². The molecule has 0 saturated carbocycles. The van der Waals surface area contributed by atoms with Crippen LogP contribution in [0.2, 0.25) is 0 Å². The van der Waals surface area contributed by atoms with Crippen LogP contribution in [-0.4, -0.2) is 50.5 Å². The lowest BCUT2D eigenvalue weighted by atomic mass is 9.69. The molecule has 0 saturated heterocycles. The van der Waals surface area contributed by atoms with Gasteiger partial charge in [0.2, 0.25) is 0 Å². The van der Waals surface area contributed by atoms with Crippen LogP contribution in [0.1, 0.15) is 62.5 Å². The minimum atomic E-state index is -0.749. The Morgan fingerprint density at radius 1 is 0.974 bits per heavy atom. The molecule has 8 heteroatoms. The number of methoxy groups -OCH3 is 3. The topological polar surface area (TPSA) is 104 Å². The van der Waals surface area contributed by atoms with Gasteiger partial charge < -0.3 is 24.1 Å². The molecule has 0 radical (unpaired) electrons. The zero-order valence-corrected chi connectivity index (χ0v) is 22.6. The van der Waals surface area contributed by atoms with Crippen molar-refractivity contribution in [3.8, 4) is 23.0 Å². The van der Waals surface area contributed by atoms with E-state index in [1.807, 2.05) is 32.0 Å². The lowest BCUT2D eigenvalue weighted by molar-refractivity contribution is -0.146. The number of rotatable bonds is 9. The summed E-state index contributed by atoms with van der Waals surface area (Å²) in [5.74, 6) is -0.428. The van der Waals surface area contributed by atoms with Crippen LogP contribution in [0.5, 0.6) is 23.0 Å². The maximum absolute atomic E-state index is 13.8. The summed E-state index contributed by atoms with van der Waals surface area (Å²) in [6, 6.07) is 10.6. The highest BCUT2D eigenvalue weighted by molar-refractivity contribution is 6.09. The number of ether oxygens (including phenoxy) is 4. The zero-order chi connectivity index (χ0) is 27.4. The normalized spacial score (nSPS) is 20.9. The molecule has 2 aromatic rings. The number of hydrogen-bond donors (Lipinski definition) is 1. The van der Waals surface area contributed by atoms with Crippen LogP contribution < -0.4 is 14.2 Å². The number of ketones is 1. The molecule has 2 aliphatic rings.